The van der Waals surface area contributed by atoms with E-state index in [1.165, 1.54) is 0 Å². The largest absolute Gasteiger partial charge is 0.508 e. The molecular weight excluding hydrogens is 306 g/mol. The van der Waals surface area contributed by atoms with Crippen molar-refractivity contribution in [3.63, 3.8) is 0 Å². The van der Waals surface area contributed by atoms with E-state index in [-0.39, 0.29) is 5.75 Å². The van der Waals surface area contributed by atoms with Gasteiger partial charge in [0, 0.05) is 15.9 Å². The molecule has 0 fully saturated rings. The van der Waals surface area contributed by atoms with Crippen LogP contribution in [0.4, 0.5) is 0 Å². The Balaban J connectivity index is 1.80. The van der Waals surface area contributed by atoms with Crippen molar-refractivity contribution in [2.24, 2.45) is 0 Å². The molecule has 0 aliphatic heterocycles. The van der Waals surface area contributed by atoms with Crippen LogP contribution in [0.5, 0.6) is 11.5 Å². The summed E-state index contributed by atoms with van der Waals surface area (Å²) in [5, 5.41) is 10.5. The molecule has 0 atom stereocenters. The molecule has 0 unspecified atom stereocenters. The molecule has 0 spiro atoms. The predicted octanol–water partition coefficient (Wildman–Crippen LogP) is 4.22. The zero-order valence-corrected chi connectivity index (χ0v) is 11.6. The lowest BCUT2D eigenvalue weighted by molar-refractivity contribution is 0.300. The lowest BCUT2D eigenvalue weighted by atomic mass is 10.2. The molecule has 0 amide bonds. The van der Waals surface area contributed by atoms with Gasteiger partial charge < -0.3 is 14.8 Å². The zero-order chi connectivity index (χ0) is 13.2. The molecule has 0 saturated carbocycles. The normalized spacial score (nSPS) is 10.8. The molecule has 0 aliphatic rings. The number of fused-ring (bicyclic) bond motifs is 1. The average Bonchev–Trinajstić information content (AvgIpc) is 2.81. The number of ether oxygens (including phenoxy) is 1. The number of halogens is 1. The van der Waals surface area contributed by atoms with Gasteiger partial charge in [-0.3, -0.25) is 0 Å². The molecule has 3 rings (SSSR count). The molecule has 1 aromatic heterocycles. The van der Waals surface area contributed by atoms with E-state index in [0.717, 1.165) is 21.1 Å². The molecule has 0 saturated heterocycles. The Labute approximate surface area is 119 Å². The molecular formula is C15H12BrNO2. The maximum Gasteiger partial charge on any atom is 0.128 e. The third-order valence-electron chi connectivity index (χ3n) is 2.87. The molecule has 19 heavy (non-hydrogen) atoms. The summed E-state index contributed by atoms with van der Waals surface area (Å²) in [6.07, 6.45) is 0. The minimum absolute atomic E-state index is 0.205. The topological polar surface area (TPSA) is 45.2 Å². The lowest BCUT2D eigenvalue weighted by Crippen LogP contribution is -1.95. The minimum Gasteiger partial charge on any atom is -0.508 e. The van der Waals surface area contributed by atoms with Crippen LogP contribution in [0.1, 0.15) is 5.69 Å². The van der Waals surface area contributed by atoms with Crippen molar-refractivity contribution >= 4 is 26.8 Å². The maximum absolute atomic E-state index is 9.37. The standard InChI is InChI=1S/C15H12BrNO2/c16-14-6-1-3-10-7-11(17-15(10)14)9-19-13-5-2-4-12(18)8-13/h1-8,17-18H,9H2. The van der Waals surface area contributed by atoms with Crippen LogP contribution in [0.25, 0.3) is 10.9 Å². The van der Waals surface area contributed by atoms with Gasteiger partial charge in [-0.15, -0.1) is 0 Å². The molecule has 2 aromatic carbocycles. The van der Waals surface area contributed by atoms with Crippen LogP contribution in [-0.2, 0) is 6.61 Å². The van der Waals surface area contributed by atoms with Gasteiger partial charge in [0.15, 0.2) is 0 Å². The van der Waals surface area contributed by atoms with Crippen LogP contribution in [-0.4, -0.2) is 10.1 Å². The van der Waals surface area contributed by atoms with Crippen molar-refractivity contribution in [3.05, 3.63) is 58.7 Å². The second-order valence-electron chi connectivity index (χ2n) is 4.28. The van der Waals surface area contributed by atoms with Crippen molar-refractivity contribution in [2.45, 2.75) is 6.61 Å². The van der Waals surface area contributed by atoms with Crippen LogP contribution in [0.2, 0.25) is 0 Å². The van der Waals surface area contributed by atoms with Gasteiger partial charge in [-0.05, 0) is 40.2 Å². The van der Waals surface area contributed by atoms with Crippen molar-refractivity contribution in [2.75, 3.05) is 0 Å². The summed E-state index contributed by atoms with van der Waals surface area (Å²) < 4.78 is 6.67. The van der Waals surface area contributed by atoms with E-state index in [1.54, 1.807) is 18.2 Å². The zero-order valence-electron chi connectivity index (χ0n) is 10.1. The molecule has 3 nitrogen and oxygen atoms in total. The van der Waals surface area contributed by atoms with E-state index >= 15 is 0 Å². The monoisotopic (exact) mass is 317 g/mol. The van der Waals surface area contributed by atoms with E-state index in [9.17, 15) is 5.11 Å². The Kier molecular flexibility index (Phi) is 3.17. The Hall–Kier alpha value is -1.94. The van der Waals surface area contributed by atoms with Crippen LogP contribution in [0.15, 0.2) is 53.0 Å². The van der Waals surface area contributed by atoms with Crippen molar-refractivity contribution < 1.29 is 9.84 Å². The number of phenolic OH excluding ortho intramolecular Hbond substituents is 1. The summed E-state index contributed by atoms with van der Waals surface area (Å²) in [4.78, 5) is 3.31. The maximum atomic E-state index is 9.37. The van der Waals surface area contributed by atoms with Crippen LogP contribution in [0, 0.1) is 0 Å². The third-order valence-corrected chi connectivity index (χ3v) is 3.53. The fourth-order valence-electron chi connectivity index (χ4n) is 1.99. The third kappa shape index (κ3) is 2.58. The number of hydrogen-bond acceptors (Lipinski definition) is 2. The quantitative estimate of drug-likeness (QED) is 0.759. The number of para-hydroxylation sites is 1. The van der Waals surface area contributed by atoms with E-state index in [4.69, 9.17) is 4.74 Å². The molecule has 0 bridgehead atoms. The Morgan fingerprint density at radius 3 is 2.74 bits per heavy atom. The first kappa shape index (κ1) is 12.1. The lowest BCUT2D eigenvalue weighted by Gasteiger charge is -2.04. The molecule has 4 heteroatoms. The van der Waals surface area contributed by atoms with E-state index < -0.39 is 0 Å². The highest BCUT2D eigenvalue weighted by Gasteiger charge is 2.04. The van der Waals surface area contributed by atoms with Crippen LogP contribution in [0.3, 0.4) is 0 Å². The Morgan fingerprint density at radius 1 is 1.11 bits per heavy atom. The van der Waals surface area contributed by atoms with Crippen molar-refractivity contribution in [1.29, 1.82) is 0 Å². The summed E-state index contributed by atoms with van der Waals surface area (Å²) in [6, 6.07) is 14.9. The highest BCUT2D eigenvalue weighted by molar-refractivity contribution is 9.10. The second-order valence-corrected chi connectivity index (χ2v) is 5.14. The fourth-order valence-corrected chi connectivity index (χ4v) is 2.47. The number of nitrogens with one attached hydrogen (secondary N) is 1. The number of aromatic amines is 1. The predicted molar refractivity (Wildman–Crippen MR) is 78.4 cm³/mol. The first-order valence-corrected chi connectivity index (χ1v) is 6.69. The number of hydrogen-bond donors (Lipinski definition) is 2. The summed E-state index contributed by atoms with van der Waals surface area (Å²) in [7, 11) is 0. The average molecular weight is 318 g/mol. The van der Waals surface area contributed by atoms with Gasteiger partial charge in [0.05, 0.1) is 11.2 Å². The minimum atomic E-state index is 0.205. The van der Waals surface area contributed by atoms with Gasteiger partial charge in [-0.1, -0.05) is 18.2 Å². The molecule has 96 valence electrons. The van der Waals surface area contributed by atoms with Gasteiger partial charge >= 0.3 is 0 Å². The molecule has 0 radical (unpaired) electrons. The molecule has 3 aromatic rings. The smallest absolute Gasteiger partial charge is 0.128 e. The Bertz CT molecular complexity index is 721. The van der Waals surface area contributed by atoms with E-state index in [2.05, 4.69) is 33.0 Å². The summed E-state index contributed by atoms with van der Waals surface area (Å²) in [6.45, 7) is 0.435. The molecule has 1 heterocycles. The van der Waals surface area contributed by atoms with Gasteiger partial charge in [0.25, 0.3) is 0 Å². The second kappa shape index (κ2) is 4.97. The molecule has 2 N–H and O–H groups in total. The SMILES string of the molecule is Oc1cccc(OCc2cc3cccc(Br)c3[nH]2)c1. The first-order valence-electron chi connectivity index (χ1n) is 5.90. The number of aromatic nitrogens is 1. The summed E-state index contributed by atoms with van der Waals surface area (Å²) in [5.41, 5.74) is 2.06. The van der Waals surface area contributed by atoms with Crippen LogP contribution < -0.4 is 4.74 Å². The Morgan fingerprint density at radius 2 is 1.95 bits per heavy atom. The first-order chi connectivity index (χ1) is 9.22. The van der Waals surface area contributed by atoms with Gasteiger partial charge in [-0.2, -0.15) is 0 Å². The number of phenols is 1. The van der Waals surface area contributed by atoms with E-state index in [1.807, 2.05) is 18.2 Å². The van der Waals surface area contributed by atoms with Crippen molar-refractivity contribution in [3.8, 4) is 11.5 Å². The van der Waals surface area contributed by atoms with Gasteiger partial charge in [0.2, 0.25) is 0 Å². The summed E-state index contributed by atoms with van der Waals surface area (Å²) >= 11 is 3.51. The van der Waals surface area contributed by atoms with Gasteiger partial charge in [-0.25, -0.2) is 0 Å². The fraction of sp³-hybridized carbons (Fsp3) is 0.0667. The van der Waals surface area contributed by atoms with Crippen LogP contribution >= 0.6 is 15.9 Å². The highest BCUT2D eigenvalue weighted by Crippen LogP contribution is 2.25. The number of rotatable bonds is 3. The van der Waals surface area contributed by atoms with Gasteiger partial charge in [0.1, 0.15) is 18.1 Å². The molecule has 0 aliphatic carbocycles. The number of H-pyrrole nitrogens is 1. The summed E-state index contributed by atoms with van der Waals surface area (Å²) in [5.74, 6) is 0.856. The van der Waals surface area contributed by atoms with Crippen molar-refractivity contribution in [1.82, 2.24) is 4.98 Å². The highest BCUT2D eigenvalue weighted by atomic mass is 79.9. The number of aromatic hydroxyl groups is 1. The van der Waals surface area contributed by atoms with E-state index in [0.29, 0.717) is 12.4 Å². The number of benzene rings is 2.